The van der Waals surface area contributed by atoms with Gasteiger partial charge in [-0.3, -0.25) is 9.59 Å². The molecule has 0 atom stereocenters. The van der Waals surface area contributed by atoms with Gasteiger partial charge in [0, 0.05) is 5.92 Å². The molecule has 0 aliphatic heterocycles. The van der Waals surface area contributed by atoms with E-state index < -0.39 is 11.7 Å². The number of nitrogens with two attached hydrogens (primary N) is 2. The molecule has 82 valence electrons. The number of carbonyl (C=O) groups is 2. The highest BCUT2D eigenvalue weighted by Gasteiger charge is 2.28. The number of hydrogen-bond donors (Lipinski definition) is 2. The average molecular weight is 221 g/mol. The number of Topliss-reactive ketones (excluding diaryl/α,β-unsaturated/α-hetero) is 1. The van der Waals surface area contributed by atoms with E-state index in [2.05, 4.69) is 0 Å². The summed E-state index contributed by atoms with van der Waals surface area (Å²) in [6.45, 7) is 0.678. The van der Waals surface area contributed by atoms with Crippen molar-refractivity contribution >= 4 is 24.1 Å². The molecule has 1 fully saturated rings. The van der Waals surface area contributed by atoms with E-state index in [0.29, 0.717) is 12.5 Å². The topological polar surface area (TPSA) is 86.2 Å². The van der Waals surface area contributed by atoms with Gasteiger partial charge in [-0.05, 0) is 38.1 Å². The fourth-order valence-corrected chi connectivity index (χ4v) is 1.86. The minimum Gasteiger partial charge on any atom is -0.363 e. The molecule has 0 spiro atoms. The Labute approximate surface area is 89.8 Å². The average Bonchev–Trinajstić information content (AvgIpc) is 2.17. The maximum Gasteiger partial charge on any atom is 0.285 e. The van der Waals surface area contributed by atoms with Crippen molar-refractivity contribution in [2.75, 3.05) is 6.54 Å². The van der Waals surface area contributed by atoms with Crippen molar-refractivity contribution in [2.24, 2.45) is 23.3 Å². The summed E-state index contributed by atoms with van der Waals surface area (Å²) in [6, 6.07) is 0. The molecule has 1 aliphatic carbocycles. The highest BCUT2D eigenvalue weighted by Crippen LogP contribution is 2.28. The first-order valence-electron chi connectivity index (χ1n) is 4.69. The molecule has 0 heterocycles. The third kappa shape index (κ3) is 3.27. The monoisotopic (exact) mass is 220 g/mol. The Morgan fingerprint density at radius 2 is 1.64 bits per heavy atom. The molecule has 0 saturated heterocycles. The summed E-state index contributed by atoms with van der Waals surface area (Å²) < 4.78 is 0. The molecule has 14 heavy (non-hydrogen) atoms. The summed E-state index contributed by atoms with van der Waals surface area (Å²) in [5.41, 5.74) is 10.4. The lowest BCUT2D eigenvalue weighted by atomic mass is 9.80. The standard InChI is InChI=1S/C9H16N2O2.ClH/c10-5-6-1-3-7(4-2-6)8(12)9(11)13;/h6-7H,1-5,10H2,(H2,11,13);1H. The fraction of sp³-hybridized carbons (Fsp3) is 0.778. The molecule has 4 nitrogen and oxygen atoms in total. The van der Waals surface area contributed by atoms with Gasteiger partial charge in [0.15, 0.2) is 0 Å². The van der Waals surface area contributed by atoms with Crippen molar-refractivity contribution in [1.82, 2.24) is 0 Å². The Bertz CT molecular complexity index is 213. The van der Waals surface area contributed by atoms with Gasteiger partial charge in [0.05, 0.1) is 0 Å². The summed E-state index contributed by atoms with van der Waals surface area (Å²) in [7, 11) is 0. The molecule has 0 aromatic rings. The van der Waals surface area contributed by atoms with Crippen LogP contribution in [0.3, 0.4) is 0 Å². The van der Waals surface area contributed by atoms with E-state index in [-0.39, 0.29) is 18.3 Å². The van der Waals surface area contributed by atoms with Crippen LogP contribution >= 0.6 is 12.4 Å². The van der Waals surface area contributed by atoms with Gasteiger partial charge >= 0.3 is 0 Å². The molecule has 0 unspecified atom stereocenters. The van der Waals surface area contributed by atoms with Crippen molar-refractivity contribution in [1.29, 1.82) is 0 Å². The maximum atomic E-state index is 11.2. The number of halogens is 1. The minimum absolute atomic E-state index is 0. The minimum atomic E-state index is -0.795. The number of ketones is 1. The fourth-order valence-electron chi connectivity index (χ4n) is 1.86. The molecule has 4 N–H and O–H groups in total. The van der Waals surface area contributed by atoms with Gasteiger partial charge in [-0.1, -0.05) is 0 Å². The zero-order chi connectivity index (χ0) is 9.84. The first kappa shape index (κ1) is 13.4. The van der Waals surface area contributed by atoms with Crippen molar-refractivity contribution in [2.45, 2.75) is 25.7 Å². The smallest absolute Gasteiger partial charge is 0.285 e. The lowest BCUT2D eigenvalue weighted by Gasteiger charge is -2.25. The van der Waals surface area contributed by atoms with Crippen LogP contribution in [0.15, 0.2) is 0 Å². The third-order valence-corrected chi connectivity index (χ3v) is 2.79. The van der Waals surface area contributed by atoms with Crippen molar-refractivity contribution in [3.8, 4) is 0 Å². The zero-order valence-electron chi connectivity index (χ0n) is 8.07. The highest BCUT2D eigenvalue weighted by atomic mass is 35.5. The van der Waals surface area contributed by atoms with Crippen LogP contribution in [0.1, 0.15) is 25.7 Å². The molecule has 1 aliphatic rings. The second kappa shape index (κ2) is 5.98. The van der Waals surface area contributed by atoms with Crippen LogP contribution in [0, 0.1) is 11.8 Å². The van der Waals surface area contributed by atoms with Crippen LogP contribution in [0.25, 0.3) is 0 Å². The predicted molar refractivity (Wildman–Crippen MR) is 56.0 cm³/mol. The molecule has 1 rings (SSSR count). The lowest BCUT2D eigenvalue weighted by Crippen LogP contribution is -2.33. The van der Waals surface area contributed by atoms with E-state index in [1.54, 1.807) is 0 Å². The first-order chi connectivity index (χ1) is 6.15. The van der Waals surface area contributed by atoms with Gasteiger partial charge in [0.1, 0.15) is 0 Å². The number of hydrogen-bond acceptors (Lipinski definition) is 3. The molecule has 0 aromatic heterocycles. The highest BCUT2D eigenvalue weighted by molar-refractivity contribution is 6.36. The molecule has 5 heteroatoms. The van der Waals surface area contributed by atoms with Gasteiger partial charge in [-0.25, -0.2) is 0 Å². The Morgan fingerprint density at radius 1 is 1.14 bits per heavy atom. The Balaban J connectivity index is 0.00000169. The summed E-state index contributed by atoms with van der Waals surface area (Å²) in [6.07, 6.45) is 3.42. The van der Waals surface area contributed by atoms with Crippen molar-refractivity contribution < 1.29 is 9.59 Å². The van der Waals surface area contributed by atoms with Crippen LogP contribution in [-0.2, 0) is 9.59 Å². The van der Waals surface area contributed by atoms with E-state index in [4.69, 9.17) is 11.5 Å². The van der Waals surface area contributed by atoms with E-state index in [9.17, 15) is 9.59 Å². The molecule has 1 amide bonds. The van der Waals surface area contributed by atoms with E-state index in [1.807, 2.05) is 0 Å². The van der Waals surface area contributed by atoms with E-state index >= 15 is 0 Å². The van der Waals surface area contributed by atoms with Gasteiger partial charge in [0.2, 0.25) is 5.78 Å². The number of carbonyl (C=O) groups excluding carboxylic acids is 2. The van der Waals surface area contributed by atoms with Crippen molar-refractivity contribution in [3.63, 3.8) is 0 Å². The van der Waals surface area contributed by atoms with Gasteiger partial charge in [-0.15, -0.1) is 12.4 Å². The summed E-state index contributed by atoms with van der Waals surface area (Å²) in [5.74, 6) is -0.816. The normalized spacial score (nSPS) is 26.4. The third-order valence-electron chi connectivity index (χ3n) is 2.79. The van der Waals surface area contributed by atoms with Crippen LogP contribution in [0.5, 0.6) is 0 Å². The molecule has 1 saturated carbocycles. The summed E-state index contributed by atoms with van der Waals surface area (Å²) in [5, 5.41) is 0. The number of rotatable bonds is 3. The molecular formula is C9H17ClN2O2. The number of primary amides is 1. The molecular weight excluding hydrogens is 204 g/mol. The second-order valence-corrected chi connectivity index (χ2v) is 3.68. The predicted octanol–water partition coefficient (Wildman–Crippen LogP) is 0.228. The lowest BCUT2D eigenvalue weighted by molar-refractivity contribution is -0.139. The Hall–Kier alpha value is -0.610. The summed E-state index contributed by atoms with van der Waals surface area (Å²) in [4.78, 5) is 21.8. The zero-order valence-corrected chi connectivity index (χ0v) is 8.89. The van der Waals surface area contributed by atoms with Crippen LogP contribution in [-0.4, -0.2) is 18.2 Å². The maximum absolute atomic E-state index is 11.2. The van der Waals surface area contributed by atoms with Crippen molar-refractivity contribution in [3.05, 3.63) is 0 Å². The molecule has 0 aromatic carbocycles. The van der Waals surface area contributed by atoms with Gasteiger partial charge in [-0.2, -0.15) is 0 Å². The second-order valence-electron chi connectivity index (χ2n) is 3.68. The summed E-state index contributed by atoms with van der Waals surface area (Å²) >= 11 is 0. The van der Waals surface area contributed by atoms with E-state index in [1.165, 1.54) is 0 Å². The quantitative estimate of drug-likeness (QED) is 0.668. The largest absolute Gasteiger partial charge is 0.363 e. The molecule has 0 radical (unpaired) electrons. The molecule has 0 bridgehead atoms. The van der Waals surface area contributed by atoms with Gasteiger partial charge < -0.3 is 11.5 Å². The van der Waals surface area contributed by atoms with Crippen LogP contribution < -0.4 is 11.5 Å². The Kier molecular flexibility index (Phi) is 5.72. The van der Waals surface area contributed by atoms with E-state index in [0.717, 1.165) is 25.7 Å². The number of amides is 1. The SMILES string of the molecule is Cl.NCC1CCC(C(=O)C(N)=O)CC1. The van der Waals surface area contributed by atoms with Crippen LogP contribution in [0.2, 0.25) is 0 Å². The van der Waals surface area contributed by atoms with Crippen LogP contribution in [0.4, 0.5) is 0 Å². The van der Waals surface area contributed by atoms with Gasteiger partial charge in [0.25, 0.3) is 5.91 Å². The first-order valence-corrected chi connectivity index (χ1v) is 4.69. The Morgan fingerprint density at radius 3 is 2.00 bits per heavy atom.